The molecule has 4 aliphatic carbocycles. The van der Waals surface area contributed by atoms with Crippen LogP contribution in [0.5, 0.6) is 0 Å². The molecule has 5 nitrogen and oxygen atoms in total. The van der Waals surface area contributed by atoms with Crippen LogP contribution in [0.1, 0.15) is 99.8 Å². The number of fused-ring (bicyclic) bond motifs is 5. The highest BCUT2D eigenvalue weighted by Crippen LogP contribution is 2.75. The third-order valence-corrected chi connectivity index (χ3v) is 12.4. The van der Waals surface area contributed by atoms with Crippen molar-refractivity contribution in [1.82, 2.24) is 5.32 Å². The molecule has 0 radical (unpaired) electrons. The Labute approximate surface area is 208 Å². The van der Waals surface area contributed by atoms with E-state index in [4.69, 9.17) is 0 Å². The highest BCUT2D eigenvalue weighted by atomic mass is 16.3. The predicted molar refractivity (Wildman–Crippen MR) is 136 cm³/mol. The molecular weight excluding hydrogens is 426 g/mol. The first kappa shape index (κ1) is 26.9. The van der Waals surface area contributed by atoms with Crippen molar-refractivity contribution in [2.24, 2.45) is 45.3 Å². The molecule has 198 valence electrons. The zero-order valence-electron chi connectivity index (χ0n) is 22.9. The predicted octanol–water partition coefficient (Wildman–Crippen LogP) is 4.11. The van der Waals surface area contributed by atoms with Crippen molar-refractivity contribution < 1.29 is 20.4 Å². The van der Waals surface area contributed by atoms with Crippen LogP contribution in [0.15, 0.2) is 0 Å². The van der Waals surface area contributed by atoms with Gasteiger partial charge >= 0.3 is 0 Å². The Kier molecular flexibility index (Phi) is 6.86. The normalized spacial score (nSPS) is 51.8. The molecule has 0 aromatic rings. The Morgan fingerprint density at radius 1 is 0.912 bits per heavy atom. The van der Waals surface area contributed by atoms with E-state index in [1.54, 1.807) is 0 Å². The van der Waals surface area contributed by atoms with Crippen LogP contribution in [0, 0.1) is 45.3 Å². The summed E-state index contributed by atoms with van der Waals surface area (Å²) in [4.78, 5) is 0. The largest absolute Gasteiger partial charge is 0.393 e. The molecular formula is C29H53NO4. The quantitative estimate of drug-likeness (QED) is 0.370. The highest BCUT2D eigenvalue weighted by Gasteiger charge is 2.71. The van der Waals surface area contributed by atoms with E-state index in [1.165, 1.54) is 0 Å². The molecule has 11 atom stereocenters. The fraction of sp³-hybridized carbons (Fsp3) is 1.00. The van der Waals surface area contributed by atoms with E-state index < -0.39 is 23.9 Å². The Bertz CT molecular complexity index is 754. The van der Waals surface area contributed by atoms with E-state index in [1.807, 2.05) is 6.92 Å². The van der Waals surface area contributed by atoms with Gasteiger partial charge < -0.3 is 25.7 Å². The molecule has 4 rings (SSSR count). The maximum atomic E-state index is 11.8. The first-order valence-electron chi connectivity index (χ1n) is 14.1. The summed E-state index contributed by atoms with van der Waals surface area (Å²) < 4.78 is 0. The number of aliphatic hydroxyl groups excluding tert-OH is 3. The van der Waals surface area contributed by atoms with E-state index >= 15 is 0 Å². The molecule has 0 spiro atoms. The van der Waals surface area contributed by atoms with Crippen molar-refractivity contribution in [3.05, 3.63) is 0 Å². The van der Waals surface area contributed by atoms with Gasteiger partial charge in [0.15, 0.2) is 0 Å². The summed E-state index contributed by atoms with van der Waals surface area (Å²) in [5.41, 5.74) is -1.21. The molecule has 0 bridgehead atoms. The number of hydrogen-bond acceptors (Lipinski definition) is 5. The van der Waals surface area contributed by atoms with Crippen molar-refractivity contribution in [3.8, 4) is 0 Å². The summed E-state index contributed by atoms with van der Waals surface area (Å²) >= 11 is 0. The lowest BCUT2D eigenvalue weighted by Crippen LogP contribution is -2.68. The smallest absolute Gasteiger partial charge is 0.0852 e. The van der Waals surface area contributed by atoms with E-state index in [-0.39, 0.29) is 33.5 Å². The second kappa shape index (κ2) is 8.68. The topological polar surface area (TPSA) is 93.0 Å². The van der Waals surface area contributed by atoms with E-state index in [9.17, 15) is 20.4 Å². The van der Waals surface area contributed by atoms with Crippen LogP contribution in [0.4, 0.5) is 0 Å². The lowest BCUT2D eigenvalue weighted by molar-refractivity contribution is -0.263. The first-order chi connectivity index (χ1) is 15.7. The van der Waals surface area contributed by atoms with Crippen LogP contribution >= 0.6 is 0 Å². The fourth-order valence-electron chi connectivity index (χ4n) is 10.5. The highest BCUT2D eigenvalue weighted by molar-refractivity contribution is 5.20. The minimum atomic E-state index is -0.768. The molecule has 4 aliphatic rings. The molecule has 5 heteroatoms. The lowest BCUT2D eigenvalue weighted by Gasteiger charge is -2.71. The lowest BCUT2D eigenvalue weighted by atomic mass is 9.35. The Morgan fingerprint density at radius 3 is 2.21 bits per heavy atom. The summed E-state index contributed by atoms with van der Waals surface area (Å²) in [5, 5.41) is 48.6. The summed E-state index contributed by atoms with van der Waals surface area (Å²) in [5.74, 6) is 0.854. The second-order valence-corrected chi connectivity index (χ2v) is 14.3. The van der Waals surface area contributed by atoms with Gasteiger partial charge in [-0.15, -0.1) is 0 Å². The molecule has 4 fully saturated rings. The molecule has 0 aliphatic heterocycles. The number of rotatable bonds is 6. The standard InChI is InChI=1S/C29H53NO4/c1-8-30-15-9-12-29(7,34)18-10-13-28(6)23(18)19(31)16-22-26(4)17-20(32)24(33)25(2,3)21(26)11-14-27(22,28)5/h18-24,30-34H,8-17H2,1-7H3/t18-,19+,20+,21-,22+,23-,24-,26-,27+,28+,29-/m0/s1. The van der Waals surface area contributed by atoms with Crippen molar-refractivity contribution >= 4 is 0 Å². The monoisotopic (exact) mass is 479 g/mol. The number of aliphatic hydroxyl groups is 4. The minimum absolute atomic E-state index is 0.0369. The third-order valence-electron chi connectivity index (χ3n) is 12.4. The Hall–Kier alpha value is -0.200. The van der Waals surface area contributed by atoms with Crippen LogP contribution in [0.3, 0.4) is 0 Å². The second-order valence-electron chi connectivity index (χ2n) is 14.3. The van der Waals surface area contributed by atoms with Crippen molar-refractivity contribution in [2.75, 3.05) is 13.1 Å². The zero-order valence-corrected chi connectivity index (χ0v) is 22.9. The van der Waals surface area contributed by atoms with Gasteiger partial charge in [-0.1, -0.05) is 41.5 Å². The van der Waals surface area contributed by atoms with Crippen molar-refractivity contribution in [3.63, 3.8) is 0 Å². The summed E-state index contributed by atoms with van der Waals surface area (Å²) in [7, 11) is 0. The Morgan fingerprint density at radius 2 is 1.56 bits per heavy atom. The van der Waals surface area contributed by atoms with Gasteiger partial charge in [0.25, 0.3) is 0 Å². The van der Waals surface area contributed by atoms with Gasteiger partial charge in [0, 0.05) is 0 Å². The molecule has 4 saturated carbocycles. The van der Waals surface area contributed by atoms with Gasteiger partial charge in [0.1, 0.15) is 0 Å². The summed E-state index contributed by atoms with van der Waals surface area (Å²) in [6, 6.07) is 0. The molecule has 34 heavy (non-hydrogen) atoms. The van der Waals surface area contributed by atoms with E-state index in [0.717, 1.165) is 58.0 Å². The zero-order chi connectivity index (χ0) is 25.3. The molecule has 0 aromatic heterocycles. The van der Waals surface area contributed by atoms with E-state index in [2.05, 4.69) is 46.9 Å². The molecule has 5 N–H and O–H groups in total. The average Bonchev–Trinajstić information content (AvgIpc) is 3.12. The van der Waals surface area contributed by atoms with Gasteiger partial charge in [0.2, 0.25) is 0 Å². The van der Waals surface area contributed by atoms with Crippen LogP contribution < -0.4 is 5.32 Å². The molecule has 0 saturated heterocycles. The summed E-state index contributed by atoms with van der Waals surface area (Å²) in [6.45, 7) is 17.5. The minimum Gasteiger partial charge on any atom is -0.393 e. The molecule has 0 aromatic carbocycles. The van der Waals surface area contributed by atoms with Gasteiger partial charge in [-0.25, -0.2) is 0 Å². The molecule has 0 heterocycles. The first-order valence-corrected chi connectivity index (χ1v) is 14.1. The fourth-order valence-corrected chi connectivity index (χ4v) is 10.5. The van der Waals surface area contributed by atoms with E-state index in [0.29, 0.717) is 18.3 Å². The van der Waals surface area contributed by atoms with Crippen LogP contribution in [0.25, 0.3) is 0 Å². The average molecular weight is 480 g/mol. The number of nitrogens with one attached hydrogen (secondary N) is 1. The number of hydrogen-bond donors (Lipinski definition) is 5. The third kappa shape index (κ3) is 3.66. The maximum Gasteiger partial charge on any atom is 0.0852 e. The van der Waals surface area contributed by atoms with Crippen molar-refractivity contribution in [1.29, 1.82) is 0 Å². The van der Waals surface area contributed by atoms with Gasteiger partial charge in [-0.2, -0.15) is 0 Å². The van der Waals surface area contributed by atoms with Crippen molar-refractivity contribution in [2.45, 2.75) is 124 Å². The molecule has 0 amide bonds. The molecule has 0 unspecified atom stereocenters. The van der Waals surface area contributed by atoms with Gasteiger partial charge in [0.05, 0.1) is 23.9 Å². The van der Waals surface area contributed by atoms with Gasteiger partial charge in [-0.3, -0.25) is 0 Å². The maximum absolute atomic E-state index is 11.8. The Balaban J connectivity index is 1.65. The SMILES string of the molecule is CCNCCC[C@](C)(O)[C@H]1CC[C@]2(C)[C@@H]1[C@H](O)C[C@@H]1[C@@]3(C)C[C@@H](O)[C@H](O)C(C)(C)[C@@H]3CC[C@]12C. The van der Waals surface area contributed by atoms with Gasteiger partial charge in [-0.05, 0) is 117 Å². The van der Waals surface area contributed by atoms with Crippen LogP contribution in [-0.4, -0.2) is 57.4 Å². The van der Waals surface area contributed by atoms with Crippen LogP contribution in [0.2, 0.25) is 0 Å². The summed E-state index contributed by atoms with van der Waals surface area (Å²) in [6.07, 6.45) is 5.41. The van der Waals surface area contributed by atoms with Crippen LogP contribution in [-0.2, 0) is 0 Å².